The number of aromatic nitrogens is 1. The van der Waals surface area contributed by atoms with Gasteiger partial charge in [-0.1, -0.05) is 34.8 Å². The van der Waals surface area contributed by atoms with Crippen LogP contribution in [0.5, 0.6) is 5.75 Å². The lowest BCUT2D eigenvalue weighted by molar-refractivity contribution is 0.0371. The molecule has 2 rings (SSSR count). The first kappa shape index (κ1) is 18.8. The number of carbonyl (C=O) groups is 1. The van der Waals surface area contributed by atoms with Crippen LogP contribution in [-0.4, -0.2) is 24.2 Å². The van der Waals surface area contributed by atoms with Crippen molar-refractivity contribution in [3.63, 3.8) is 0 Å². The average molecular weight is 393 g/mol. The van der Waals surface area contributed by atoms with Gasteiger partial charge in [0.15, 0.2) is 17.3 Å². The molecule has 0 aliphatic heterocycles. The minimum absolute atomic E-state index is 0.000962. The Bertz CT molecular complexity index is 797. The molecule has 0 amide bonds. The normalized spacial score (nSPS) is 10.8. The maximum atomic E-state index is 14.6. The van der Waals surface area contributed by atoms with Crippen LogP contribution in [0.15, 0.2) is 18.2 Å². The molecule has 0 N–H and O–H groups in total. The van der Waals surface area contributed by atoms with E-state index < -0.39 is 11.8 Å². The van der Waals surface area contributed by atoms with E-state index in [0.717, 1.165) is 0 Å². The summed E-state index contributed by atoms with van der Waals surface area (Å²) in [5.74, 6) is -1.60. The summed E-state index contributed by atoms with van der Waals surface area (Å²) in [5.41, 5.74) is -0.0869. The Labute approximate surface area is 153 Å². The van der Waals surface area contributed by atoms with Gasteiger partial charge in [-0.05, 0) is 32.0 Å². The number of hydrogen-bond acceptors (Lipinski definition) is 4. The van der Waals surface area contributed by atoms with Gasteiger partial charge in [0.2, 0.25) is 0 Å². The smallest absolute Gasteiger partial charge is 0.357 e. The number of halogens is 4. The summed E-state index contributed by atoms with van der Waals surface area (Å²) in [6, 6.07) is 4.08. The summed E-state index contributed by atoms with van der Waals surface area (Å²) in [4.78, 5) is 16.1. The molecule has 24 heavy (non-hydrogen) atoms. The van der Waals surface area contributed by atoms with Crippen LogP contribution in [0.1, 0.15) is 24.3 Å². The first-order chi connectivity index (χ1) is 11.3. The minimum Gasteiger partial charge on any atom is -0.492 e. The van der Waals surface area contributed by atoms with Crippen LogP contribution in [0.4, 0.5) is 4.39 Å². The SMILES string of the molecule is COc1c(Cl)ccc(-c2nc(C(=O)OC(C)C)cc(Cl)c2Cl)c1F. The predicted octanol–water partition coefficient (Wildman–Crippen LogP) is 5.42. The molecule has 0 bridgehead atoms. The van der Waals surface area contributed by atoms with E-state index in [2.05, 4.69) is 4.98 Å². The number of pyridine rings is 1. The molecule has 0 unspecified atom stereocenters. The number of methoxy groups -OCH3 is 1. The Morgan fingerprint density at radius 2 is 1.88 bits per heavy atom. The van der Waals surface area contributed by atoms with Crippen LogP contribution in [0.2, 0.25) is 15.1 Å². The largest absolute Gasteiger partial charge is 0.492 e. The molecule has 0 saturated carbocycles. The van der Waals surface area contributed by atoms with Crippen LogP contribution in [0, 0.1) is 5.82 Å². The molecule has 1 heterocycles. The van der Waals surface area contributed by atoms with Gasteiger partial charge in [-0.15, -0.1) is 0 Å². The molecule has 2 aromatic rings. The van der Waals surface area contributed by atoms with Gasteiger partial charge >= 0.3 is 5.97 Å². The van der Waals surface area contributed by atoms with Gasteiger partial charge < -0.3 is 9.47 Å². The lowest BCUT2D eigenvalue weighted by atomic mass is 10.1. The van der Waals surface area contributed by atoms with Crippen molar-refractivity contribution in [3.8, 4) is 17.0 Å². The summed E-state index contributed by atoms with van der Waals surface area (Å²) < 4.78 is 24.6. The number of esters is 1. The Balaban J connectivity index is 2.63. The van der Waals surface area contributed by atoms with E-state index in [9.17, 15) is 9.18 Å². The molecule has 1 aromatic carbocycles. The highest BCUT2D eigenvalue weighted by atomic mass is 35.5. The van der Waals surface area contributed by atoms with E-state index in [1.165, 1.54) is 25.3 Å². The summed E-state index contributed by atoms with van der Waals surface area (Å²) in [7, 11) is 1.28. The number of hydrogen-bond donors (Lipinski definition) is 0. The van der Waals surface area contributed by atoms with Gasteiger partial charge in [0.05, 0.1) is 34.0 Å². The zero-order valence-electron chi connectivity index (χ0n) is 13.0. The molecule has 0 aliphatic carbocycles. The van der Waals surface area contributed by atoms with Gasteiger partial charge in [-0.2, -0.15) is 0 Å². The van der Waals surface area contributed by atoms with Crippen LogP contribution in [-0.2, 0) is 4.74 Å². The molecule has 0 saturated heterocycles. The highest BCUT2D eigenvalue weighted by molar-refractivity contribution is 6.43. The van der Waals surface area contributed by atoms with Crippen molar-refractivity contribution in [2.75, 3.05) is 7.11 Å². The molecule has 8 heteroatoms. The number of nitrogens with zero attached hydrogens (tertiary/aromatic N) is 1. The minimum atomic E-state index is -0.759. The zero-order chi connectivity index (χ0) is 18.0. The summed E-state index contributed by atoms with van der Waals surface area (Å²) in [5, 5.41) is 0.142. The highest BCUT2D eigenvalue weighted by Crippen LogP contribution is 2.39. The van der Waals surface area contributed by atoms with Gasteiger partial charge in [0, 0.05) is 5.56 Å². The van der Waals surface area contributed by atoms with Crippen LogP contribution in [0.3, 0.4) is 0 Å². The lowest BCUT2D eigenvalue weighted by Crippen LogP contribution is -2.13. The van der Waals surface area contributed by atoms with Gasteiger partial charge in [-0.25, -0.2) is 14.2 Å². The Kier molecular flexibility index (Phi) is 5.91. The molecular weight excluding hydrogens is 380 g/mol. The van der Waals surface area contributed by atoms with E-state index in [4.69, 9.17) is 44.3 Å². The first-order valence-electron chi connectivity index (χ1n) is 6.85. The van der Waals surface area contributed by atoms with Crippen molar-refractivity contribution in [1.82, 2.24) is 4.98 Å². The average Bonchev–Trinajstić information content (AvgIpc) is 2.50. The van der Waals surface area contributed by atoms with E-state index in [1.54, 1.807) is 13.8 Å². The summed E-state index contributed by atoms with van der Waals surface area (Å²) in [6.45, 7) is 3.39. The van der Waals surface area contributed by atoms with E-state index in [1.807, 2.05) is 0 Å². The summed E-state index contributed by atoms with van der Waals surface area (Å²) in [6.07, 6.45) is -0.343. The molecular formula is C16H13Cl3FNO3. The number of ether oxygens (including phenoxy) is 2. The fourth-order valence-electron chi connectivity index (χ4n) is 1.96. The van der Waals surface area contributed by atoms with Crippen molar-refractivity contribution < 1.29 is 18.7 Å². The lowest BCUT2D eigenvalue weighted by Gasteiger charge is -2.13. The second kappa shape index (κ2) is 7.55. The third kappa shape index (κ3) is 3.74. The van der Waals surface area contributed by atoms with E-state index in [0.29, 0.717) is 0 Å². The van der Waals surface area contributed by atoms with Gasteiger partial charge in [-0.3, -0.25) is 0 Å². The van der Waals surface area contributed by atoms with Crippen LogP contribution < -0.4 is 4.74 Å². The number of carbonyl (C=O) groups excluding carboxylic acids is 1. The van der Waals surface area contributed by atoms with Crippen molar-refractivity contribution in [1.29, 1.82) is 0 Å². The molecule has 0 fully saturated rings. The van der Waals surface area contributed by atoms with Gasteiger partial charge in [0.25, 0.3) is 0 Å². The summed E-state index contributed by atoms with van der Waals surface area (Å²) >= 11 is 18.1. The zero-order valence-corrected chi connectivity index (χ0v) is 15.3. The maximum Gasteiger partial charge on any atom is 0.357 e. The number of benzene rings is 1. The van der Waals surface area contributed by atoms with Crippen molar-refractivity contribution in [3.05, 3.63) is 44.8 Å². The number of rotatable bonds is 4. The Hall–Kier alpha value is -1.56. The maximum absolute atomic E-state index is 14.6. The second-order valence-corrected chi connectivity index (χ2v) is 6.24. The third-order valence-corrected chi connectivity index (χ3v) is 4.05. The highest BCUT2D eigenvalue weighted by Gasteiger charge is 2.22. The van der Waals surface area contributed by atoms with Crippen LogP contribution >= 0.6 is 34.8 Å². The van der Waals surface area contributed by atoms with Gasteiger partial charge in [0.1, 0.15) is 0 Å². The fourth-order valence-corrected chi connectivity index (χ4v) is 2.57. The standard InChI is InChI=1S/C16H13Cl3FNO3/c1-7(2)24-16(22)11-6-10(18)12(19)14(21-11)8-4-5-9(17)15(23-3)13(8)20/h4-7H,1-3H3. The van der Waals surface area contributed by atoms with Crippen LogP contribution in [0.25, 0.3) is 11.3 Å². The third-order valence-electron chi connectivity index (χ3n) is 2.97. The molecule has 0 radical (unpaired) electrons. The van der Waals surface area contributed by atoms with Crippen molar-refractivity contribution in [2.24, 2.45) is 0 Å². The Morgan fingerprint density at radius 1 is 1.21 bits per heavy atom. The van der Waals surface area contributed by atoms with Crippen molar-refractivity contribution >= 4 is 40.8 Å². The topological polar surface area (TPSA) is 48.4 Å². The molecule has 0 aliphatic rings. The Morgan fingerprint density at radius 3 is 2.46 bits per heavy atom. The van der Waals surface area contributed by atoms with E-state index in [-0.39, 0.29) is 43.9 Å². The fraction of sp³-hybridized carbons (Fsp3) is 0.250. The molecule has 128 valence electrons. The predicted molar refractivity (Wildman–Crippen MR) is 91.8 cm³/mol. The molecule has 0 atom stereocenters. The monoisotopic (exact) mass is 391 g/mol. The molecule has 0 spiro atoms. The molecule has 1 aromatic heterocycles. The first-order valence-corrected chi connectivity index (χ1v) is 7.99. The quantitative estimate of drug-likeness (QED) is 0.652. The molecule has 4 nitrogen and oxygen atoms in total. The second-order valence-electron chi connectivity index (χ2n) is 5.05. The van der Waals surface area contributed by atoms with E-state index >= 15 is 0 Å². The van der Waals surface area contributed by atoms with Crippen molar-refractivity contribution in [2.45, 2.75) is 20.0 Å².